The lowest BCUT2D eigenvalue weighted by Crippen LogP contribution is -2.32. The topological polar surface area (TPSA) is 135 Å². The molecule has 4 aromatic rings. The summed E-state index contributed by atoms with van der Waals surface area (Å²) in [6, 6.07) is 4.05. The van der Waals surface area contributed by atoms with Crippen LogP contribution in [-0.4, -0.2) is 45.1 Å². The van der Waals surface area contributed by atoms with Crippen LogP contribution in [0.4, 0.5) is 35.0 Å². The molecule has 0 aromatic carbocycles. The van der Waals surface area contributed by atoms with Crippen LogP contribution >= 0.6 is 0 Å². The van der Waals surface area contributed by atoms with Crippen LogP contribution in [0.3, 0.4) is 0 Å². The Morgan fingerprint density at radius 2 is 2.03 bits per heavy atom. The minimum atomic E-state index is -4.86. The van der Waals surface area contributed by atoms with Gasteiger partial charge in [-0.15, -0.1) is 0 Å². The number of halogens is 4. The van der Waals surface area contributed by atoms with Crippen molar-refractivity contribution >= 4 is 28.4 Å². The molecule has 0 radical (unpaired) electrons. The van der Waals surface area contributed by atoms with Gasteiger partial charge in [-0.25, -0.2) is 24.1 Å². The third kappa shape index (κ3) is 4.11. The monoisotopic (exact) mass is 530 g/mol. The maximum atomic E-state index is 16.1. The van der Waals surface area contributed by atoms with E-state index in [9.17, 15) is 18.0 Å². The van der Waals surface area contributed by atoms with Crippen LogP contribution in [0.5, 0.6) is 5.88 Å². The van der Waals surface area contributed by atoms with Crippen molar-refractivity contribution in [1.82, 2.24) is 24.9 Å². The summed E-state index contributed by atoms with van der Waals surface area (Å²) < 4.78 is 64.1. The molecule has 14 heteroatoms. The molecule has 198 valence electrons. The number of alkyl halides is 3. The van der Waals surface area contributed by atoms with Gasteiger partial charge < -0.3 is 25.7 Å². The number of hydrogen-bond acceptors (Lipinski definition) is 9. The van der Waals surface area contributed by atoms with Gasteiger partial charge in [-0.3, -0.25) is 0 Å². The van der Waals surface area contributed by atoms with Crippen LogP contribution in [0.15, 0.2) is 29.2 Å². The number of aromatic amines is 1. The molecular weight excluding hydrogens is 508 g/mol. The van der Waals surface area contributed by atoms with Crippen LogP contribution in [0.25, 0.3) is 22.2 Å². The molecule has 0 amide bonds. The summed E-state index contributed by atoms with van der Waals surface area (Å²) in [5.41, 5.74) is 2.69. The van der Waals surface area contributed by atoms with E-state index in [2.05, 4.69) is 30.2 Å². The summed E-state index contributed by atoms with van der Waals surface area (Å²) >= 11 is 0. The van der Waals surface area contributed by atoms with Crippen molar-refractivity contribution in [1.29, 1.82) is 0 Å². The van der Waals surface area contributed by atoms with Gasteiger partial charge in [-0.05, 0) is 26.0 Å². The number of nitrogens with two attached hydrogens (primary N) is 1. The summed E-state index contributed by atoms with van der Waals surface area (Å²) in [6.07, 6.45) is -3.32. The first-order valence-corrected chi connectivity index (χ1v) is 11.5. The molecule has 1 unspecified atom stereocenters. The second kappa shape index (κ2) is 9.11. The van der Waals surface area contributed by atoms with Gasteiger partial charge in [0.05, 0.1) is 29.4 Å². The Labute approximate surface area is 212 Å². The number of nitrogen functional groups attached to an aromatic ring is 1. The van der Waals surface area contributed by atoms with E-state index in [0.29, 0.717) is 5.56 Å². The third-order valence-electron chi connectivity index (χ3n) is 6.39. The Morgan fingerprint density at radius 3 is 2.71 bits per heavy atom. The maximum absolute atomic E-state index is 16.1. The third-order valence-corrected chi connectivity index (χ3v) is 6.39. The summed E-state index contributed by atoms with van der Waals surface area (Å²) in [5, 5.41) is 2.69. The molecular formula is C24H22F4N8O2. The molecule has 38 heavy (non-hydrogen) atoms. The van der Waals surface area contributed by atoms with E-state index in [1.165, 1.54) is 20.2 Å². The van der Waals surface area contributed by atoms with E-state index >= 15 is 4.39 Å². The number of hydrogen-bond donors (Lipinski definition) is 3. The molecule has 5 rings (SSSR count). The van der Waals surface area contributed by atoms with E-state index in [-0.39, 0.29) is 53.1 Å². The summed E-state index contributed by atoms with van der Waals surface area (Å²) in [5.74, 6) is -0.933. The largest absolute Gasteiger partial charge is 0.475 e. The number of ether oxygens (including phenoxy) is 1. The standard InChI is InChI=1S/C24H22F4N8O2/c1-10-16(24(26,27)28)13(9-14(30-3)32-10)18-17(25)19-15-21(35-23(37)34-19)36(7-8-38-22(15)33-18)11(2)12-5-4-6-31-20(12)29/h4-6,9,11H,7-8H2,1-3H3,(H2,29,31)(H,30,32)(H,34,35,37). The highest BCUT2D eigenvalue weighted by atomic mass is 19.4. The van der Waals surface area contributed by atoms with Crippen molar-refractivity contribution in [2.75, 3.05) is 36.1 Å². The van der Waals surface area contributed by atoms with Crippen LogP contribution in [0.2, 0.25) is 0 Å². The molecule has 0 saturated heterocycles. The second-order valence-electron chi connectivity index (χ2n) is 8.65. The van der Waals surface area contributed by atoms with Gasteiger partial charge in [0.1, 0.15) is 35.1 Å². The fraction of sp³-hybridized carbons (Fsp3) is 0.292. The molecule has 0 spiro atoms. The van der Waals surface area contributed by atoms with Crippen LogP contribution in [0, 0.1) is 12.7 Å². The molecule has 1 aliphatic heterocycles. The zero-order valence-electron chi connectivity index (χ0n) is 20.4. The van der Waals surface area contributed by atoms with Gasteiger partial charge in [-0.2, -0.15) is 18.2 Å². The number of nitrogens with one attached hydrogen (secondary N) is 2. The first-order valence-electron chi connectivity index (χ1n) is 11.5. The predicted octanol–water partition coefficient (Wildman–Crippen LogP) is 3.83. The van der Waals surface area contributed by atoms with Gasteiger partial charge in [0.2, 0.25) is 5.88 Å². The lowest BCUT2D eigenvalue weighted by atomic mass is 10.0. The smallest absolute Gasteiger partial charge is 0.418 e. The molecule has 4 aromatic heterocycles. The highest BCUT2D eigenvalue weighted by molar-refractivity contribution is 5.97. The Balaban J connectivity index is 1.79. The zero-order valence-corrected chi connectivity index (χ0v) is 20.4. The predicted molar refractivity (Wildman–Crippen MR) is 133 cm³/mol. The number of aryl methyl sites for hydroxylation is 1. The van der Waals surface area contributed by atoms with E-state index in [1.54, 1.807) is 24.0 Å². The van der Waals surface area contributed by atoms with Crippen LogP contribution in [-0.2, 0) is 6.18 Å². The molecule has 0 aliphatic carbocycles. The molecule has 0 saturated carbocycles. The first-order chi connectivity index (χ1) is 18.0. The van der Waals surface area contributed by atoms with Crippen molar-refractivity contribution in [3.8, 4) is 17.1 Å². The van der Waals surface area contributed by atoms with Crippen molar-refractivity contribution in [3.05, 3.63) is 57.5 Å². The molecule has 0 fully saturated rings. The Kier molecular flexibility index (Phi) is 6.04. The van der Waals surface area contributed by atoms with Gasteiger partial charge in [0.25, 0.3) is 0 Å². The Bertz CT molecular complexity index is 1620. The van der Waals surface area contributed by atoms with Crippen molar-refractivity contribution < 1.29 is 22.3 Å². The molecule has 1 aliphatic rings. The Morgan fingerprint density at radius 1 is 1.26 bits per heavy atom. The van der Waals surface area contributed by atoms with E-state index in [4.69, 9.17) is 10.5 Å². The average molecular weight is 530 g/mol. The summed E-state index contributed by atoms with van der Waals surface area (Å²) in [4.78, 5) is 32.9. The summed E-state index contributed by atoms with van der Waals surface area (Å²) in [6.45, 7) is 3.19. The average Bonchev–Trinajstić information content (AvgIpc) is 3.04. The highest BCUT2D eigenvalue weighted by Gasteiger charge is 2.39. The molecule has 5 heterocycles. The lowest BCUT2D eigenvalue weighted by Gasteiger charge is -2.29. The molecule has 4 N–H and O–H groups in total. The fourth-order valence-electron chi connectivity index (χ4n) is 4.66. The SMILES string of the molecule is CNc1cc(-c2nc3c4c(nc(=O)[nH]c4c2F)N(C(C)c2cccnc2N)CCO3)c(C(F)(F)F)c(C)n1. The quantitative estimate of drug-likeness (QED) is 0.337. The Hall–Kier alpha value is -4.49. The van der Waals surface area contributed by atoms with Crippen LogP contribution < -0.4 is 26.4 Å². The number of rotatable bonds is 4. The van der Waals surface area contributed by atoms with E-state index < -0.39 is 40.5 Å². The molecule has 0 bridgehead atoms. The van der Waals surface area contributed by atoms with Gasteiger partial charge in [0.15, 0.2) is 5.82 Å². The van der Waals surface area contributed by atoms with Crippen molar-refractivity contribution in [3.63, 3.8) is 0 Å². The number of pyridine rings is 3. The normalized spacial score (nSPS) is 14.2. The zero-order chi connectivity index (χ0) is 27.4. The first kappa shape index (κ1) is 25.2. The number of H-pyrrole nitrogens is 1. The van der Waals surface area contributed by atoms with E-state index in [1.807, 2.05) is 0 Å². The van der Waals surface area contributed by atoms with Crippen LogP contribution in [0.1, 0.15) is 29.8 Å². The van der Waals surface area contributed by atoms with Crippen molar-refractivity contribution in [2.24, 2.45) is 0 Å². The van der Waals surface area contributed by atoms with E-state index in [0.717, 1.165) is 6.07 Å². The number of nitrogens with zero attached hydrogens (tertiary/aromatic N) is 5. The lowest BCUT2D eigenvalue weighted by molar-refractivity contribution is -0.137. The number of aromatic nitrogens is 5. The minimum Gasteiger partial charge on any atom is -0.475 e. The second-order valence-corrected chi connectivity index (χ2v) is 8.65. The summed E-state index contributed by atoms with van der Waals surface area (Å²) in [7, 11) is 1.47. The minimum absolute atomic E-state index is 0.0193. The van der Waals surface area contributed by atoms with Gasteiger partial charge in [0, 0.05) is 24.4 Å². The van der Waals surface area contributed by atoms with Gasteiger partial charge in [-0.1, -0.05) is 6.07 Å². The molecule has 10 nitrogen and oxygen atoms in total. The molecule has 1 atom stereocenters. The van der Waals surface area contributed by atoms with Gasteiger partial charge >= 0.3 is 11.9 Å². The highest BCUT2D eigenvalue weighted by Crippen LogP contribution is 2.44. The number of anilines is 3. The maximum Gasteiger partial charge on any atom is 0.418 e. The van der Waals surface area contributed by atoms with Crippen molar-refractivity contribution in [2.45, 2.75) is 26.1 Å². The fourth-order valence-corrected chi connectivity index (χ4v) is 4.66.